The van der Waals surface area contributed by atoms with Crippen LogP contribution in [0.25, 0.3) is 0 Å². The summed E-state index contributed by atoms with van der Waals surface area (Å²) in [6.45, 7) is 8.53. The Kier molecular flexibility index (Phi) is 5.36. The Morgan fingerprint density at radius 3 is 2.57 bits per heavy atom. The van der Waals surface area contributed by atoms with Crippen LogP contribution in [0.15, 0.2) is 16.8 Å². The highest BCUT2D eigenvalue weighted by molar-refractivity contribution is 7.08. The van der Waals surface area contributed by atoms with E-state index in [1.807, 2.05) is 21.7 Å². The number of morpholine rings is 1. The van der Waals surface area contributed by atoms with Crippen molar-refractivity contribution in [2.45, 2.75) is 26.1 Å². The Morgan fingerprint density at radius 1 is 1.26 bits per heavy atom. The molecule has 128 valence electrons. The molecule has 1 amide bonds. The van der Waals surface area contributed by atoms with Gasteiger partial charge >= 0.3 is 0 Å². The molecule has 5 nitrogen and oxygen atoms in total. The molecule has 1 aromatic rings. The number of ether oxygens (including phenoxy) is 1. The SMILES string of the molecule is C[C@@H]1CN(C[C@H]2CN(C(=O)c3ccsc3)C[C@H]2CO)C[C@H](C)O1. The minimum absolute atomic E-state index is 0.0934. The molecule has 0 bridgehead atoms. The predicted octanol–water partition coefficient (Wildman–Crippen LogP) is 1.54. The topological polar surface area (TPSA) is 53.0 Å². The van der Waals surface area contributed by atoms with E-state index in [0.29, 0.717) is 12.5 Å². The van der Waals surface area contributed by atoms with Crippen molar-refractivity contribution in [3.8, 4) is 0 Å². The van der Waals surface area contributed by atoms with Gasteiger partial charge in [-0.15, -0.1) is 0 Å². The summed E-state index contributed by atoms with van der Waals surface area (Å²) in [7, 11) is 0. The van der Waals surface area contributed by atoms with Crippen molar-refractivity contribution in [3.63, 3.8) is 0 Å². The molecule has 3 rings (SSSR count). The molecule has 2 aliphatic heterocycles. The van der Waals surface area contributed by atoms with Crippen molar-refractivity contribution in [2.24, 2.45) is 11.8 Å². The molecule has 0 unspecified atom stereocenters. The number of thiophene rings is 1. The number of carbonyl (C=O) groups is 1. The number of likely N-dealkylation sites (tertiary alicyclic amines) is 1. The maximum atomic E-state index is 12.5. The van der Waals surface area contributed by atoms with Crippen LogP contribution in [0.5, 0.6) is 0 Å². The molecule has 0 spiro atoms. The molecular weight excluding hydrogens is 312 g/mol. The summed E-state index contributed by atoms with van der Waals surface area (Å²) in [6, 6.07) is 1.87. The van der Waals surface area contributed by atoms with Crippen LogP contribution in [-0.4, -0.2) is 72.4 Å². The average molecular weight is 338 g/mol. The van der Waals surface area contributed by atoms with Gasteiger partial charge in [0.15, 0.2) is 0 Å². The number of carbonyl (C=O) groups excluding carboxylic acids is 1. The first kappa shape index (κ1) is 16.9. The Hall–Kier alpha value is -0.950. The zero-order chi connectivity index (χ0) is 16.4. The molecule has 0 saturated carbocycles. The summed E-state index contributed by atoms with van der Waals surface area (Å²) < 4.78 is 5.79. The van der Waals surface area contributed by atoms with Gasteiger partial charge in [-0.25, -0.2) is 0 Å². The lowest BCUT2D eigenvalue weighted by atomic mass is 9.96. The fraction of sp³-hybridized carbons (Fsp3) is 0.706. The third-order valence-electron chi connectivity index (χ3n) is 4.85. The van der Waals surface area contributed by atoms with Crippen molar-refractivity contribution in [1.29, 1.82) is 0 Å². The quantitative estimate of drug-likeness (QED) is 0.905. The van der Waals surface area contributed by atoms with Gasteiger partial charge in [0.1, 0.15) is 0 Å². The molecule has 1 aromatic heterocycles. The second-order valence-corrected chi connectivity index (χ2v) is 7.68. The number of rotatable bonds is 4. The summed E-state index contributed by atoms with van der Waals surface area (Å²) in [5.74, 6) is 0.599. The van der Waals surface area contributed by atoms with Crippen molar-refractivity contribution in [2.75, 3.05) is 39.3 Å². The Morgan fingerprint density at radius 2 is 1.96 bits per heavy atom. The van der Waals surface area contributed by atoms with Crippen LogP contribution < -0.4 is 0 Å². The average Bonchev–Trinajstić information content (AvgIpc) is 3.14. The first-order valence-corrected chi connectivity index (χ1v) is 9.31. The van der Waals surface area contributed by atoms with Crippen molar-refractivity contribution >= 4 is 17.2 Å². The molecule has 3 heterocycles. The first-order valence-electron chi connectivity index (χ1n) is 8.37. The standard InChI is InChI=1S/C17H26N2O3S/c1-12-5-18(6-13(2)22-12)7-15-8-19(9-16(15)10-20)17(21)14-3-4-23-11-14/h3-4,11-13,15-16,20H,5-10H2,1-2H3/t12-,13+,15-,16-/m0/s1. The van der Waals surface area contributed by atoms with Crippen molar-refractivity contribution < 1.29 is 14.6 Å². The number of nitrogens with zero attached hydrogens (tertiary/aromatic N) is 2. The molecule has 2 saturated heterocycles. The van der Waals surface area contributed by atoms with Crippen LogP contribution in [0.4, 0.5) is 0 Å². The molecular formula is C17H26N2O3S. The van der Waals surface area contributed by atoms with Crippen LogP contribution in [0, 0.1) is 11.8 Å². The van der Waals surface area contributed by atoms with Gasteiger partial charge in [-0.2, -0.15) is 11.3 Å². The molecule has 4 atom stereocenters. The van der Waals surface area contributed by atoms with Crippen LogP contribution in [-0.2, 0) is 4.74 Å². The molecule has 23 heavy (non-hydrogen) atoms. The lowest BCUT2D eigenvalue weighted by Gasteiger charge is -2.37. The smallest absolute Gasteiger partial charge is 0.254 e. The Labute approximate surface area is 141 Å². The van der Waals surface area contributed by atoms with E-state index in [1.54, 1.807) is 11.3 Å². The van der Waals surface area contributed by atoms with Crippen LogP contribution >= 0.6 is 11.3 Å². The van der Waals surface area contributed by atoms with E-state index in [4.69, 9.17) is 4.74 Å². The highest BCUT2D eigenvalue weighted by Gasteiger charge is 2.37. The number of hydrogen-bond acceptors (Lipinski definition) is 5. The van der Waals surface area contributed by atoms with Crippen LogP contribution in [0.2, 0.25) is 0 Å². The van der Waals surface area contributed by atoms with E-state index in [9.17, 15) is 9.90 Å². The summed E-state index contributed by atoms with van der Waals surface area (Å²) in [4.78, 5) is 16.9. The largest absolute Gasteiger partial charge is 0.396 e. The van der Waals surface area contributed by atoms with Gasteiger partial charge < -0.3 is 14.7 Å². The lowest BCUT2D eigenvalue weighted by Crippen LogP contribution is -2.48. The lowest BCUT2D eigenvalue weighted by molar-refractivity contribution is -0.0726. The van der Waals surface area contributed by atoms with Crippen LogP contribution in [0.1, 0.15) is 24.2 Å². The molecule has 1 N–H and O–H groups in total. The maximum absolute atomic E-state index is 12.5. The zero-order valence-corrected chi connectivity index (χ0v) is 14.7. The molecule has 6 heteroatoms. The van der Waals surface area contributed by atoms with E-state index < -0.39 is 0 Å². The Balaban J connectivity index is 1.62. The number of hydrogen-bond donors (Lipinski definition) is 1. The molecule has 0 aromatic carbocycles. The summed E-state index contributed by atoms with van der Waals surface area (Å²) in [5.41, 5.74) is 0.765. The molecule has 2 aliphatic rings. The van der Waals surface area contributed by atoms with Crippen LogP contribution in [0.3, 0.4) is 0 Å². The van der Waals surface area contributed by atoms with Gasteiger partial charge in [0, 0.05) is 50.6 Å². The minimum Gasteiger partial charge on any atom is -0.396 e. The van der Waals surface area contributed by atoms with Crippen molar-refractivity contribution in [1.82, 2.24) is 9.80 Å². The number of aliphatic hydroxyl groups is 1. The highest BCUT2D eigenvalue weighted by Crippen LogP contribution is 2.27. The molecule has 2 fully saturated rings. The monoisotopic (exact) mass is 338 g/mol. The second-order valence-electron chi connectivity index (χ2n) is 6.90. The summed E-state index contributed by atoms with van der Waals surface area (Å²) in [6.07, 6.45) is 0.493. The van der Waals surface area contributed by atoms with E-state index in [1.165, 1.54) is 0 Å². The summed E-state index contributed by atoms with van der Waals surface area (Å²) in [5, 5.41) is 13.6. The number of amides is 1. The van der Waals surface area contributed by atoms with Gasteiger partial charge in [0.25, 0.3) is 5.91 Å². The van der Waals surface area contributed by atoms with Gasteiger partial charge in [-0.3, -0.25) is 9.69 Å². The minimum atomic E-state index is 0.0934. The Bertz CT molecular complexity index is 512. The van der Waals surface area contributed by atoms with Crippen molar-refractivity contribution in [3.05, 3.63) is 22.4 Å². The van der Waals surface area contributed by atoms with E-state index in [2.05, 4.69) is 18.7 Å². The summed E-state index contributed by atoms with van der Waals surface area (Å²) >= 11 is 1.54. The molecule has 0 aliphatic carbocycles. The van der Waals surface area contributed by atoms with Gasteiger partial charge in [0.05, 0.1) is 17.8 Å². The third-order valence-corrected chi connectivity index (χ3v) is 5.54. The third kappa shape index (κ3) is 3.94. The molecule has 0 radical (unpaired) electrons. The van der Waals surface area contributed by atoms with Gasteiger partial charge in [-0.05, 0) is 31.2 Å². The zero-order valence-electron chi connectivity index (χ0n) is 13.9. The fourth-order valence-electron chi connectivity index (χ4n) is 3.85. The second kappa shape index (κ2) is 7.30. The first-order chi connectivity index (χ1) is 11.1. The maximum Gasteiger partial charge on any atom is 0.254 e. The highest BCUT2D eigenvalue weighted by atomic mass is 32.1. The van der Waals surface area contributed by atoms with E-state index >= 15 is 0 Å². The number of aliphatic hydroxyl groups excluding tert-OH is 1. The predicted molar refractivity (Wildman–Crippen MR) is 90.7 cm³/mol. The van der Waals surface area contributed by atoms with Gasteiger partial charge in [0.2, 0.25) is 0 Å². The van der Waals surface area contributed by atoms with Gasteiger partial charge in [-0.1, -0.05) is 0 Å². The van der Waals surface area contributed by atoms with E-state index in [-0.39, 0.29) is 30.6 Å². The normalized spacial score (nSPS) is 32.4. The fourth-order valence-corrected chi connectivity index (χ4v) is 4.48. The van der Waals surface area contributed by atoms with E-state index in [0.717, 1.165) is 31.7 Å².